The lowest BCUT2D eigenvalue weighted by Crippen LogP contribution is -2.24. The Balaban J connectivity index is 1.71. The van der Waals surface area contributed by atoms with Gasteiger partial charge in [-0.2, -0.15) is 11.8 Å². The molecule has 1 amide bonds. The van der Waals surface area contributed by atoms with Gasteiger partial charge in [0.1, 0.15) is 0 Å². The number of carbonyl (C=O) groups is 1. The Labute approximate surface area is 125 Å². The van der Waals surface area contributed by atoms with E-state index >= 15 is 0 Å². The summed E-state index contributed by atoms with van der Waals surface area (Å²) in [4.78, 5) is 11.7. The summed E-state index contributed by atoms with van der Waals surface area (Å²) in [5.41, 5.74) is 1.07. The highest BCUT2D eigenvalue weighted by Crippen LogP contribution is 2.17. The molecule has 2 aromatic rings. The summed E-state index contributed by atoms with van der Waals surface area (Å²) < 4.78 is 5.38. The number of amides is 1. The van der Waals surface area contributed by atoms with Gasteiger partial charge in [0.15, 0.2) is 0 Å². The van der Waals surface area contributed by atoms with Gasteiger partial charge < -0.3 is 9.73 Å². The molecule has 2 rings (SSSR count). The van der Waals surface area contributed by atoms with E-state index in [0.29, 0.717) is 23.4 Å². The molecule has 0 bridgehead atoms. The van der Waals surface area contributed by atoms with Crippen LogP contribution < -0.4 is 5.32 Å². The number of nitrogens with zero attached hydrogens (tertiary/aromatic N) is 2. The first-order valence-electron chi connectivity index (χ1n) is 6.02. The van der Waals surface area contributed by atoms with E-state index in [1.54, 1.807) is 11.8 Å². The van der Waals surface area contributed by atoms with Crippen LogP contribution in [0.15, 0.2) is 40.0 Å². The molecule has 7 heteroatoms. The predicted octanol–water partition coefficient (Wildman–Crippen LogP) is 2.34. The van der Waals surface area contributed by atoms with Crippen molar-refractivity contribution in [1.82, 2.24) is 15.5 Å². The Hall–Kier alpha value is -1.47. The molecule has 0 aliphatic heterocycles. The Morgan fingerprint density at radius 1 is 1.30 bits per heavy atom. The van der Waals surface area contributed by atoms with Crippen LogP contribution in [0.3, 0.4) is 0 Å². The van der Waals surface area contributed by atoms with Gasteiger partial charge in [0.25, 0.3) is 5.22 Å². The highest BCUT2D eigenvalue weighted by Gasteiger charge is 2.09. The van der Waals surface area contributed by atoms with Crippen LogP contribution in [0.2, 0.25) is 0 Å². The Bertz CT molecular complexity index is 546. The van der Waals surface area contributed by atoms with Gasteiger partial charge in [-0.3, -0.25) is 4.79 Å². The van der Waals surface area contributed by atoms with Crippen LogP contribution in [0.1, 0.15) is 11.5 Å². The van der Waals surface area contributed by atoms with Crippen molar-refractivity contribution >= 4 is 29.4 Å². The number of thioether (sulfide) groups is 2. The molecule has 0 fully saturated rings. The number of benzene rings is 1. The van der Waals surface area contributed by atoms with Crippen LogP contribution in [-0.2, 0) is 17.1 Å². The molecule has 1 heterocycles. The molecule has 0 saturated heterocycles. The van der Waals surface area contributed by atoms with Gasteiger partial charge in [-0.15, -0.1) is 10.2 Å². The molecule has 0 aliphatic rings. The van der Waals surface area contributed by atoms with Gasteiger partial charge in [0.05, 0.1) is 11.5 Å². The highest BCUT2D eigenvalue weighted by atomic mass is 32.2. The van der Waals surface area contributed by atoms with E-state index in [0.717, 1.165) is 5.56 Å². The molecule has 0 radical (unpaired) electrons. The molecule has 20 heavy (non-hydrogen) atoms. The summed E-state index contributed by atoms with van der Waals surface area (Å²) >= 11 is 2.86. The fourth-order valence-electron chi connectivity index (χ4n) is 1.45. The van der Waals surface area contributed by atoms with Gasteiger partial charge in [-0.05, 0) is 11.8 Å². The third-order valence-electron chi connectivity index (χ3n) is 2.38. The van der Waals surface area contributed by atoms with Gasteiger partial charge >= 0.3 is 0 Å². The zero-order chi connectivity index (χ0) is 14.2. The van der Waals surface area contributed by atoms with Crippen LogP contribution in [0.4, 0.5) is 0 Å². The van der Waals surface area contributed by atoms with Crippen LogP contribution in [0.5, 0.6) is 0 Å². The highest BCUT2D eigenvalue weighted by molar-refractivity contribution is 7.99. The van der Waals surface area contributed by atoms with E-state index in [-0.39, 0.29) is 11.7 Å². The summed E-state index contributed by atoms with van der Waals surface area (Å²) in [6.07, 6.45) is 1.97. The first kappa shape index (κ1) is 14.9. The van der Waals surface area contributed by atoms with E-state index < -0.39 is 0 Å². The molecular formula is C13H15N3O2S2. The molecule has 0 atom stereocenters. The lowest BCUT2D eigenvalue weighted by Gasteiger charge is -2.03. The SMILES string of the molecule is CSCc1nnc(SCC(=O)NCc2ccccc2)o1. The maximum absolute atomic E-state index is 11.7. The largest absolute Gasteiger partial charge is 0.415 e. The lowest BCUT2D eigenvalue weighted by molar-refractivity contribution is -0.118. The van der Waals surface area contributed by atoms with E-state index in [2.05, 4.69) is 15.5 Å². The number of rotatable bonds is 7. The van der Waals surface area contributed by atoms with Gasteiger partial charge in [-0.25, -0.2) is 0 Å². The third-order valence-corrected chi connectivity index (χ3v) is 3.73. The Kier molecular flexibility index (Phi) is 5.94. The Morgan fingerprint density at radius 3 is 2.85 bits per heavy atom. The second-order valence-electron chi connectivity index (χ2n) is 3.95. The third kappa shape index (κ3) is 4.90. The smallest absolute Gasteiger partial charge is 0.277 e. The van der Waals surface area contributed by atoms with Crippen LogP contribution >= 0.6 is 23.5 Å². The predicted molar refractivity (Wildman–Crippen MR) is 80.5 cm³/mol. The first-order valence-corrected chi connectivity index (χ1v) is 8.40. The number of aromatic nitrogens is 2. The number of hydrogen-bond donors (Lipinski definition) is 1. The normalized spacial score (nSPS) is 10.4. The second-order valence-corrected chi connectivity index (χ2v) is 5.74. The first-order chi connectivity index (χ1) is 9.78. The molecule has 0 aliphatic carbocycles. The van der Waals surface area contributed by atoms with Crippen LogP contribution in [0, 0.1) is 0 Å². The molecule has 1 N–H and O–H groups in total. The van der Waals surface area contributed by atoms with Gasteiger partial charge in [-0.1, -0.05) is 42.1 Å². The molecule has 1 aromatic heterocycles. The summed E-state index contributed by atoms with van der Waals surface area (Å²) in [7, 11) is 0. The molecule has 0 unspecified atom stereocenters. The monoisotopic (exact) mass is 309 g/mol. The molecule has 106 valence electrons. The van der Waals surface area contributed by atoms with Crippen molar-refractivity contribution in [3.63, 3.8) is 0 Å². The molecule has 0 spiro atoms. The minimum absolute atomic E-state index is 0.0523. The average Bonchev–Trinajstić information content (AvgIpc) is 2.92. The van der Waals surface area contributed by atoms with E-state index in [1.807, 2.05) is 36.6 Å². The second kappa shape index (κ2) is 7.96. The minimum Gasteiger partial charge on any atom is -0.415 e. The van der Waals surface area contributed by atoms with E-state index in [9.17, 15) is 4.79 Å². The van der Waals surface area contributed by atoms with Crippen molar-refractivity contribution in [1.29, 1.82) is 0 Å². The fraction of sp³-hybridized carbons (Fsp3) is 0.308. The van der Waals surface area contributed by atoms with E-state index in [1.165, 1.54) is 11.8 Å². The zero-order valence-corrected chi connectivity index (χ0v) is 12.7. The van der Waals surface area contributed by atoms with Gasteiger partial charge in [0.2, 0.25) is 11.8 Å². The topological polar surface area (TPSA) is 68.0 Å². The molecule has 0 saturated carbocycles. The average molecular weight is 309 g/mol. The maximum atomic E-state index is 11.7. The minimum atomic E-state index is -0.0523. The summed E-state index contributed by atoms with van der Waals surface area (Å²) in [6, 6.07) is 9.78. The van der Waals surface area contributed by atoms with E-state index in [4.69, 9.17) is 4.42 Å². The van der Waals surface area contributed by atoms with Crippen molar-refractivity contribution in [2.45, 2.75) is 17.5 Å². The quantitative estimate of drug-likeness (QED) is 0.792. The standard InChI is InChI=1S/C13H15N3O2S2/c1-19-9-12-15-16-13(18-12)20-8-11(17)14-7-10-5-3-2-4-6-10/h2-6H,7-9H2,1H3,(H,14,17). The van der Waals surface area contributed by atoms with Crippen molar-refractivity contribution in [3.05, 3.63) is 41.8 Å². The molecule has 1 aromatic carbocycles. The number of nitrogens with one attached hydrogen (secondary N) is 1. The molecular weight excluding hydrogens is 294 g/mol. The zero-order valence-electron chi connectivity index (χ0n) is 11.0. The number of hydrogen-bond acceptors (Lipinski definition) is 6. The van der Waals surface area contributed by atoms with Crippen LogP contribution in [0.25, 0.3) is 0 Å². The summed E-state index contributed by atoms with van der Waals surface area (Å²) in [5, 5.41) is 11.0. The van der Waals surface area contributed by atoms with Crippen molar-refractivity contribution in [3.8, 4) is 0 Å². The fourth-order valence-corrected chi connectivity index (χ4v) is 2.43. The Morgan fingerprint density at radius 2 is 2.10 bits per heavy atom. The van der Waals surface area contributed by atoms with Gasteiger partial charge in [0, 0.05) is 6.54 Å². The van der Waals surface area contributed by atoms with Crippen LogP contribution in [-0.4, -0.2) is 28.1 Å². The summed E-state index contributed by atoms with van der Waals surface area (Å²) in [5.74, 6) is 1.50. The van der Waals surface area contributed by atoms with Crippen molar-refractivity contribution in [2.24, 2.45) is 0 Å². The maximum Gasteiger partial charge on any atom is 0.277 e. The van der Waals surface area contributed by atoms with Crippen molar-refractivity contribution < 1.29 is 9.21 Å². The molecule has 5 nitrogen and oxygen atoms in total. The lowest BCUT2D eigenvalue weighted by atomic mass is 10.2. The number of carbonyl (C=O) groups excluding carboxylic acids is 1. The van der Waals surface area contributed by atoms with Crippen molar-refractivity contribution in [2.75, 3.05) is 12.0 Å². The summed E-state index contributed by atoms with van der Waals surface area (Å²) in [6.45, 7) is 0.530.